The fraction of sp³-hybridized carbons (Fsp3) is 0.389. The molecule has 0 saturated carbocycles. The second-order valence-corrected chi connectivity index (χ2v) is 5.11. The van der Waals surface area contributed by atoms with E-state index in [1.807, 2.05) is 26.0 Å². The first-order valence-corrected chi connectivity index (χ1v) is 7.27. The van der Waals surface area contributed by atoms with Gasteiger partial charge in [-0.05, 0) is 52.7 Å². The fourth-order valence-corrected chi connectivity index (χ4v) is 1.81. The molecule has 0 saturated heterocycles. The highest BCUT2D eigenvalue weighted by Crippen LogP contribution is 2.26. The summed E-state index contributed by atoms with van der Waals surface area (Å²) in [4.78, 5) is 11.9. The van der Waals surface area contributed by atoms with Crippen molar-refractivity contribution in [2.45, 2.75) is 40.5 Å². The SMILES string of the molecule is CCOc1ccccc1OC(=O)/C=C(\C)CCC=C(C)C. The van der Waals surface area contributed by atoms with Gasteiger partial charge in [0.05, 0.1) is 6.61 Å². The molecule has 0 fully saturated rings. The lowest BCUT2D eigenvalue weighted by molar-refractivity contribution is -0.129. The summed E-state index contributed by atoms with van der Waals surface area (Å²) >= 11 is 0. The number of carbonyl (C=O) groups is 1. The molecule has 3 heteroatoms. The van der Waals surface area contributed by atoms with Crippen molar-refractivity contribution in [3.63, 3.8) is 0 Å². The molecule has 0 aliphatic heterocycles. The quantitative estimate of drug-likeness (QED) is 0.316. The van der Waals surface area contributed by atoms with E-state index in [1.165, 1.54) is 5.57 Å². The minimum atomic E-state index is -0.364. The summed E-state index contributed by atoms with van der Waals surface area (Å²) in [6.45, 7) is 8.50. The molecular weight excluding hydrogens is 264 g/mol. The Bertz CT molecular complexity index is 523. The van der Waals surface area contributed by atoms with Crippen molar-refractivity contribution >= 4 is 5.97 Å². The van der Waals surface area contributed by atoms with E-state index in [2.05, 4.69) is 19.9 Å². The summed E-state index contributed by atoms with van der Waals surface area (Å²) in [7, 11) is 0. The molecule has 21 heavy (non-hydrogen) atoms. The van der Waals surface area contributed by atoms with Gasteiger partial charge in [-0.2, -0.15) is 0 Å². The van der Waals surface area contributed by atoms with Crippen LogP contribution in [0.15, 0.2) is 47.6 Å². The molecule has 3 nitrogen and oxygen atoms in total. The van der Waals surface area contributed by atoms with Gasteiger partial charge in [0.1, 0.15) is 0 Å². The van der Waals surface area contributed by atoms with Crippen molar-refractivity contribution in [2.75, 3.05) is 6.61 Å². The highest BCUT2D eigenvalue weighted by Gasteiger charge is 2.07. The molecule has 0 aliphatic rings. The van der Waals surface area contributed by atoms with Gasteiger partial charge in [-0.1, -0.05) is 29.4 Å². The predicted octanol–water partition coefficient (Wildman–Crippen LogP) is 4.68. The Morgan fingerprint density at radius 3 is 2.43 bits per heavy atom. The van der Waals surface area contributed by atoms with Gasteiger partial charge in [0, 0.05) is 6.08 Å². The van der Waals surface area contributed by atoms with E-state index in [-0.39, 0.29) is 5.97 Å². The van der Waals surface area contributed by atoms with Crippen molar-refractivity contribution in [2.24, 2.45) is 0 Å². The van der Waals surface area contributed by atoms with Gasteiger partial charge in [0.2, 0.25) is 0 Å². The predicted molar refractivity (Wildman–Crippen MR) is 85.7 cm³/mol. The standard InChI is InChI=1S/C18H24O3/c1-5-20-16-11-6-7-12-17(16)21-18(19)13-15(4)10-8-9-14(2)3/h6-7,9,11-13H,5,8,10H2,1-4H3/b15-13+. The van der Waals surface area contributed by atoms with Gasteiger partial charge in [0.15, 0.2) is 11.5 Å². The van der Waals surface area contributed by atoms with Crippen LogP contribution in [0.4, 0.5) is 0 Å². The highest BCUT2D eigenvalue weighted by atomic mass is 16.6. The first-order chi connectivity index (χ1) is 10.0. The number of para-hydroxylation sites is 2. The van der Waals surface area contributed by atoms with E-state index in [9.17, 15) is 4.79 Å². The first kappa shape index (κ1) is 17.0. The third kappa shape index (κ3) is 6.80. The number of carbonyl (C=O) groups excluding carboxylic acids is 1. The van der Waals surface area contributed by atoms with Crippen LogP contribution in [0.2, 0.25) is 0 Å². The van der Waals surface area contributed by atoms with E-state index < -0.39 is 0 Å². The van der Waals surface area contributed by atoms with Gasteiger partial charge in [-0.25, -0.2) is 4.79 Å². The Morgan fingerprint density at radius 1 is 1.14 bits per heavy atom. The summed E-state index contributed by atoms with van der Waals surface area (Å²) in [5.74, 6) is 0.679. The summed E-state index contributed by atoms with van der Waals surface area (Å²) in [6, 6.07) is 7.19. The fourth-order valence-electron chi connectivity index (χ4n) is 1.81. The molecule has 0 spiro atoms. The molecule has 1 aromatic rings. The number of hydrogen-bond acceptors (Lipinski definition) is 3. The minimum Gasteiger partial charge on any atom is -0.490 e. The normalized spacial score (nSPS) is 11.0. The lowest BCUT2D eigenvalue weighted by atomic mass is 10.1. The van der Waals surface area contributed by atoms with Gasteiger partial charge in [-0.15, -0.1) is 0 Å². The van der Waals surface area contributed by atoms with Gasteiger partial charge in [0.25, 0.3) is 0 Å². The highest BCUT2D eigenvalue weighted by molar-refractivity contribution is 5.85. The van der Waals surface area contributed by atoms with Crippen LogP contribution in [0.25, 0.3) is 0 Å². The lowest BCUT2D eigenvalue weighted by Crippen LogP contribution is -2.06. The molecule has 0 N–H and O–H groups in total. The molecule has 0 heterocycles. The maximum Gasteiger partial charge on any atom is 0.336 e. The second-order valence-electron chi connectivity index (χ2n) is 5.11. The van der Waals surface area contributed by atoms with Crippen molar-refractivity contribution in [3.05, 3.63) is 47.6 Å². The van der Waals surface area contributed by atoms with Crippen LogP contribution in [0.5, 0.6) is 11.5 Å². The number of esters is 1. The summed E-state index contributed by atoms with van der Waals surface area (Å²) in [6.07, 6.45) is 5.50. The number of benzene rings is 1. The number of allylic oxidation sites excluding steroid dienone is 3. The largest absolute Gasteiger partial charge is 0.490 e. The average Bonchev–Trinajstić information content (AvgIpc) is 2.40. The number of ether oxygens (including phenoxy) is 2. The lowest BCUT2D eigenvalue weighted by Gasteiger charge is -2.09. The van der Waals surface area contributed by atoms with Crippen LogP contribution in [-0.2, 0) is 4.79 Å². The van der Waals surface area contributed by atoms with E-state index in [4.69, 9.17) is 9.47 Å². The summed E-state index contributed by atoms with van der Waals surface area (Å²) in [5, 5.41) is 0. The Labute approximate surface area is 127 Å². The van der Waals surface area contributed by atoms with E-state index in [0.29, 0.717) is 18.1 Å². The van der Waals surface area contributed by atoms with E-state index in [0.717, 1.165) is 18.4 Å². The van der Waals surface area contributed by atoms with Crippen molar-refractivity contribution in [1.29, 1.82) is 0 Å². The molecule has 114 valence electrons. The third-order valence-electron chi connectivity index (χ3n) is 2.82. The molecule has 0 atom stereocenters. The Balaban J connectivity index is 2.62. The van der Waals surface area contributed by atoms with Gasteiger partial charge in [-0.3, -0.25) is 0 Å². The molecule has 1 aromatic carbocycles. The average molecular weight is 288 g/mol. The van der Waals surface area contributed by atoms with Gasteiger partial charge < -0.3 is 9.47 Å². The maximum absolute atomic E-state index is 11.9. The Kier molecular flexibility index (Phi) is 7.30. The van der Waals surface area contributed by atoms with Crippen LogP contribution in [0.3, 0.4) is 0 Å². The number of hydrogen-bond donors (Lipinski definition) is 0. The molecule has 0 bridgehead atoms. The molecule has 0 amide bonds. The van der Waals surface area contributed by atoms with Crippen LogP contribution in [0.1, 0.15) is 40.5 Å². The second kappa shape index (κ2) is 9.01. The molecular formula is C18H24O3. The van der Waals surface area contributed by atoms with Crippen LogP contribution >= 0.6 is 0 Å². The molecule has 0 aromatic heterocycles. The molecule has 0 radical (unpaired) electrons. The van der Waals surface area contributed by atoms with Crippen LogP contribution in [0, 0.1) is 0 Å². The zero-order chi connectivity index (χ0) is 15.7. The summed E-state index contributed by atoms with van der Waals surface area (Å²) in [5.41, 5.74) is 2.29. The topological polar surface area (TPSA) is 35.5 Å². The first-order valence-electron chi connectivity index (χ1n) is 7.27. The third-order valence-corrected chi connectivity index (χ3v) is 2.82. The zero-order valence-electron chi connectivity index (χ0n) is 13.3. The molecule has 0 aliphatic carbocycles. The molecule has 0 unspecified atom stereocenters. The Hall–Kier alpha value is -2.03. The zero-order valence-corrected chi connectivity index (χ0v) is 13.3. The monoisotopic (exact) mass is 288 g/mol. The Morgan fingerprint density at radius 2 is 1.81 bits per heavy atom. The molecule has 1 rings (SSSR count). The van der Waals surface area contributed by atoms with E-state index >= 15 is 0 Å². The smallest absolute Gasteiger partial charge is 0.336 e. The number of rotatable bonds is 7. The van der Waals surface area contributed by atoms with Crippen molar-refractivity contribution in [1.82, 2.24) is 0 Å². The van der Waals surface area contributed by atoms with Crippen LogP contribution in [-0.4, -0.2) is 12.6 Å². The summed E-state index contributed by atoms with van der Waals surface area (Å²) < 4.78 is 10.8. The van der Waals surface area contributed by atoms with Crippen molar-refractivity contribution in [3.8, 4) is 11.5 Å². The maximum atomic E-state index is 11.9. The minimum absolute atomic E-state index is 0.364. The van der Waals surface area contributed by atoms with Crippen molar-refractivity contribution < 1.29 is 14.3 Å². The van der Waals surface area contributed by atoms with Crippen LogP contribution < -0.4 is 9.47 Å². The van der Waals surface area contributed by atoms with Gasteiger partial charge >= 0.3 is 5.97 Å². The van der Waals surface area contributed by atoms with E-state index in [1.54, 1.807) is 18.2 Å².